The molecular formula is C35H40ClF2N7O6. The molecule has 1 N–H and O–H groups in total. The van der Waals surface area contributed by atoms with Gasteiger partial charge in [0.2, 0.25) is 5.82 Å². The SMILES string of the molecule is COc1ccc(-c2cnc(C(=O)Nc3ccc(C(=O)N4CCN(C(=O)N5C[C@H]6CN(C(=O)OC(C)(C)C)C[C@H]6C5)CC4)c(Cl)c3)n2C)c(F)c1F. The summed E-state index contributed by atoms with van der Waals surface area (Å²) < 4.78 is 40.7. The Morgan fingerprint density at radius 1 is 0.882 bits per heavy atom. The Kier molecular flexibility index (Phi) is 9.86. The summed E-state index contributed by atoms with van der Waals surface area (Å²) >= 11 is 6.51. The van der Waals surface area contributed by atoms with Crippen LogP contribution in [0.1, 0.15) is 41.7 Å². The van der Waals surface area contributed by atoms with Gasteiger partial charge in [-0.15, -0.1) is 0 Å². The van der Waals surface area contributed by atoms with Crippen molar-refractivity contribution in [2.45, 2.75) is 26.4 Å². The Bertz CT molecular complexity index is 1860. The number of fused-ring (bicyclic) bond motifs is 1. The van der Waals surface area contributed by atoms with Crippen LogP contribution in [-0.4, -0.2) is 118 Å². The first-order valence-corrected chi connectivity index (χ1v) is 17.0. The van der Waals surface area contributed by atoms with Gasteiger partial charge in [-0.3, -0.25) is 9.59 Å². The molecule has 0 aliphatic carbocycles. The fourth-order valence-electron chi connectivity index (χ4n) is 6.81. The van der Waals surface area contributed by atoms with Gasteiger partial charge >= 0.3 is 12.1 Å². The number of carbonyl (C=O) groups excluding carboxylic acids is 4. The minimum atomic E-state index is -1.15. The van der Waals surface area contributed by atoms with Gasteiger partial charge in [-0.1, -0.05) is 11.6 Å². The first kappa shape index (κ1) is 35.9. The van der Waals surface area contributed by atoms with Gasteiger partial charge in [-0.25, -0.2) is 19.0 Å². The Morgan fingerprint density at radius 2 is 1.51 bits per heavy atom. The van der Waals surface area contributed by atoms with E-state index in [-0.39, 0.29) is 63.3 Å². The molecule has 6 rings (SSSR count). The monoisotopic (exact) mass is 727 g/mol. The molecule has 16 heteroatoms. The second-order valence-electron chi connectivity index (χ2n) is 14.0. The van der Waals surface area contributed by atoms with Crippen LogP contribution in [0.3, 0.4) is 0 Å². The highest BCUT2D eigenvalue weighted by Crippen LogP contribution is 2.33. The van der Waals surface area contributed by atoms with Crippen molar-refractivity contribution in [3.8, 4) is 17.0 Å². The zero-order valence-electron chi connectivity index (χ0n) is 29.0. The second-order valence-corrected chi connectivity index (χ2v) is 14.4. The molecule has 2 atom stereocenters. The third-order valence-corrected chi connectivity index (χ3v) is 9.75. The average molecular weight is 728 g/mol. The summed E-state index contributed by atoms with van der Waals surface area (Å²) in [6.45, 7) is 9.17. The number of imidazole rings is 1. The number of nitrogens with one attached hydrogen (secondary N) is 1. The zero-order valence-corrected chi connectivity index (χ0v) is 29.8. The summed E-state index contributed by atoms with van der Waals surface area (Å²) in [5.74, 6) is -3.12. The molecule has 13 nitrogen and oxygen atoms in total. The quantitative estimate of drug-likeness (QED) is 0.394. The van der Waals surface area contributed by atoms with E-state index in [0.717, 1.165) is 0 Å². The van der Waals surface area contributed by atoms with Gasteiger partial charge in [0.15, 0.2) is 17.4 Å². The highest BCUT2D eigenvalue weighted by Gasteiger charge is 2.45. The molecule has 3 fully saturated rings. The molecule has 0 saturated carbocycles. The standard InChI is InChI=1S/C35H40ClF2N7O6/c1-35(2,3)51-34(49)45-18-20-16-44(17-21(20)19-45)33(48)43-12-10-42(11-13-43)32(47)23-7-6-22(14-25(23)36)40-31(46)30-39-15-26(41(30)4)24-8-9-27(50-5)29(38)28(24)37/h6-9,14-15,20-21H,10-13,16-19H2,1-5H3,(H,40,46)/t20-,21+. The number of anilines is 1. The van der Waals surface area contributed by atoms with Crippen molar-refractivity contribution < 1.29 is 37.4 Å². The van der Waals surface area contributed by atoms with Crippen LogP contribution in [0.4, 0.5) is 24.1 Å². The number of urea groups is 1. The minimum Gasteiger partial charge on any atom is -0.494 e. The Hall–Kier alpha value is -4.92. The lowest BCUT2D eigenvalue weighted by atomic mass is 10.0. The van der Waals surface area contributed by atoms with E-state index in [1.54, 1.807) is 14.7 Å². The number of methoxy groups -OCH3 is 1. The number of amides is 5. The number of ether oxygens (including phenoxy) is 2. The van der Waals surface area contributed by atoms with Crippen LogP contribution in [0.25, 0.3) is 11.3 Å². The normalized spacial score (nSPS) is 18.9. The summed E-state index contributed by atoms with van der Waals surface area (Å²) in [5.41, 5.74) is 0.0631. The molecule has 51 heavy (non-hydrogen) atoms. The molecule has 0 spiro atoms. The molecule has 0 radical (unpaired) electrons. The van der Waals surface area contributed by atoms with Crippen LogP contribution in [-0.2, 0) is 11.8 Å². The molecule has 0 unspecified atom stereocenters. The molecular weight excluding hydrogens is 688 g/mol. The van der Waals surface area contributed by atoms with Gasteiger partial charge in [-0.2, -0.15) is 4.39 Å². The first-order valence-electron chi connectivity index (χ1n) is 16.6. The molecule has 272 valence electrons. The highest BCUT2D eigenvalue weighted by molar-refractivity contribution is 6.34. The van der Waals surface area contributed by atoms with E-state index in [1.807, 2.05) is 25.7 Å². The molecule has 1 aromatic heterocycles. The summed E-state index contributed by atoms with van der Waals surface area (Å²) in [6.07, 6.45) is 0.941. The molecule has 3 aliphatic heterocycles. The smallest absolute Gasteiger partial charge is 0.410 e. The number of rotatable bonds is 5. The van der Waals surface area contributed by atoms with Crippen LogP contribution in [0, 0.1) is 23.5 Å². The lowest BCUT2D eigenvalue weighted by Gasteiger charge is -2.37. The number of nitrogens with zero attached hydrogens (tertiary/aromatic N) is 6. The van der Waals surface area contributed by atoms with Crippen molar-refractivity contribution in [1.82, 2.24) is 29.2 Å². The third kappa shape index (κ3) is 7.30. The van der Waals surface area contributed by atoms with Gasteiger partial charge in [0.05, 0.1) is 29.6 Å². The Balaban J connectivity index is 1.01. The van der Waals surface area contributed by atoms with E-state index in [0.29, 0.717) is 58.0 Å². The number of piperazine rings is 1. The van der Waals surface area contributed by atoms with Crippen LogP contribution in [0.2, 0.25) is 5.02 Å². The van der Waals surface area contributed by atoms with Crippen molar-refractivity contribution in [2.75, 3.05) is 64.8 Å². The van der Waals surface area contributed by atoms with Crippen LogP contribution in [0.5, 0.6) is 5.75 Å². The van der Waals surface area contributed by atoms with E-state index in [4.69, 9.17) is 21.1 Å². The topological polar surface area (TPSA) is 130 Å². The lowest BCUT2D eigenvalue weighted by molar-refractivity contribution is 0.0275. The predicted octanol–water partition coefficient (Wildman–Crippen LogP) is 4.96. The van der Waals surface area contributed by atoms with E-state index >= 15 is 0 Å². The zero-order chi connectivity index (χ0) is 36.8. The number of hydrogen-bond donors (Lipinski definition) is 1. The van der Waals surface area contributed by atoms with Crippen molar-refractivity contribution in [2.24, 2.45) is 18.9 Å². The molecule has 4 heterocycles. The summed E-state index contributed by atoms with van der Waals surface area (Å²) in [7, 11) is 2.73. The molecule has 3 saturated heterocycles. The van der Waals surface area contributed by atoms with Gasteiger partial charge in [0.1, 0.15) is 5.60 Å². The van der Waals surface area contributed by atoms with E-state index in [2.05, 4.69) is 10.3 Å². The van der Waals surface area contributed by atoms with Crippen LogP contribution < -0.4 is 10.1 Å². The Labute approximate surface area is 299 Å². The van der Waals surface area contributed by atoms with Crippen molar-refractivity contribution >= 4 is 41.2 Å². The fourth-order valence-corrected chi connectivity index (χ4v) is 7.07. The summed E-state index contributed by atoms with van der Waals surface area (Å²) in [4.78, 5) is 63.4. The highest BCUT2D eigenvalue weighted by atomic mass is 35.5. The molecule has 2 aromatic carbocycles. The van der Waals surface area contributed by atoms with E-state index in [9.17, 15) is 28.0 Å². The first-order chi connectivity index (χ1) is 24.1. The van der Waals surface area contributed by atoms with E-state index in [1.165, 1.54) is 55.3 Å². The Morgan fingerprint density at radius 3 is 2.12 bits per heavy atom. The van der Waals surface area contributed by atoms with Crippen molar-refractivity contribution in [3.05, 3.63) is 64.6 Å². The molecule has 5 amide bonds. The third-order valence-electron chi connectivity index (χ3n) is 9.44. The summed E-state index contributed by atoms with van der Waals surface area (Å²) in [6, 6.07) is 7.05. The lowest BCUT2D eigenvalue weighted by Crippen LogP contribution is -2.54. The number of hydrogen-bond acceptors (Lipinski definition) is 7. The van der Waals surface area contributed by atoms with Gasteiger partial charge < -0.3 is 39.0 Å². The van der Waals surface area contributed by atoms with E-state index < -0.39 is 23.1 Å². The van der Waals surface area contributed by atoms with Gasteiger partial charge in [0, 0.05) is 82.5 Å². The van der Waals surface area contributed by atoms with Crippen molar-refractivity contribution in [1.29, 1.82) is 0 Å². The number of benzene rings is 2. The molecule has 3 aliphatic rings. The van der Waals surface area contributed by atoms with Crippen molar-refractivity contribution in [3.63, 3.8) is 0 Å². The largest absolute Gasteiger partial charge is 0.494 e. The molecule has 0 bridgehead atoms. The van der Waals surface area contributed by atoms with Crippen LogP contribution >= 0.6 is 11.6 Å². The maximum Gasteiger partial charge on any atom is 0.410 e. The number of aromatic nitrogens is 2. The fraction of sp³-hybridized carbons (Fsp3) is 0.457. The van der Waals surface area contributed by atoms with Crippen LogP contribution in [0.15, 0.2) is 36.5 Å². The number of halogens is 3. The van der Waals surface area contributed by atoms with Gasteiger partial charge in [-0.05, 0) is 51.1 Å². The maximum atomic E-state index is 14.7. The minimum absolute atomic E-state index is 0.0655. The number of likely N-dealkylation sites (tertiary alicyclic amines) is 2. The van der Waals surface area contributed by atoms with Gasteiger partial charge in [0.25, 0.3) is 11.8 Å². The molecule has 3 aromatic rings. The predicted molar refractivity (Wildman–Crippen MR) is 184 cm³/mol. The summed E-state index contributed by atoms with van der Waals surface area (Å²) in [5, 5.41) is 2.80. The maximum absolute atomic E-state index is 14.7. The second kappa shape index (κ2) is 14.0. The number of carbonyl (C=O) groups is 4. The average Bonchev–Trinajstić information content (AvgIpc) is 3.78.